The van der Waals surface area contributed by atoms with Gasteiger partial charge in [0.2, 0.25) is 0 Å². The molecule has 0 bridgehead atoms. The van der Waals surface area contributed by atoms with Crippen LogP contribution >= 0.6 is 0 Å². The van der Waals surface area contributed by atoms with E-state index in [-0.39, 0.29) is 0 Å². The summed E-state index contributed by atoms with van der Waals surface area (Å²) >= 11 is 0. The zero-order valence-electron chi connectivity index (χ0n) is 9.87. The smallest absolute Gasteiger partial charge is 0.361 e. The standard InChI is InChI=1S/C3H11BO12S2Si/c1-11-19(12-2,13-3)16-4(14-17(5,6)7)15-18(8,9)10/h1-3H3,(H,5,6,7)(H,8,9,10). The molecular formula is C3H11BO12S2Si. The molecule has 0 aromatic heterocycles. The van der Waals surface area contributed by atoms with Crippen LogP contribution in [0.4, 0.5) is 0 Å². The van der Waals surface area contributed by atoms with Crippen LogP contribution in [0, 0.1) is 0 Å². The van der Waals surface area contributed by atoms with Crippen molar-refractivity contribution in [2.45, 2.75) is 0 Å². The van der Waals surface area contributed by atoms with Crippen molar-refractivity contribution >= 4 is 37.2 Å². The van der Waals surface area contributed by atoms with Gasteiger partial charge in [-0.15, -0.1) is 0 Å². The van der Waals surface area contributed by atoms with Crippen molar-refractivity contribution in [3.63, 3.8) is 0 Å². The second-order valence-corrected chi connectivity index (χ2v) is 7.12. The first-order chi connectivity index (χ1) is 8.47. The first-order valence-electron chi connectivity index (χ1n) is 4.11. The van der Waals surface area contributed by atoms with Crippen molar-refractivity contribution in [2.24, 2.45) is 0 Å². The lowest BCUT2D eigenvalue weighted by Crippen LogP contribution is -2.52. The van der Waals surface area contributed by atoms with Gasteiger partial charge in [0.1, 0.15) is 0 Å². The third kappa shape index (κ3) is 7.89. The van der Waals surface area contributed by atoms with Crippen molar-refractivity contribution in [1.29, 1.82) is 0 Å². The molecule has 16 heteroatoms. The Morgan fingerprint density at radius 3 is 1.37 bits per heavy atom. The van der Waals surface area contributed by atoms with E-state index in [2.05, 4.69) is 25.8 Å². The van der Waals surface area contributed by atoms with Crippen LogP contribution in [-0.2, 0) is 46.6 Å². The van der Waals surface area contributed by atoms with Crippen LogP contribution in [0.1, 0.15) is 0 Å². The Kier molecular flexibility index (Phi) is 6.99. The lowest BCUT2D eigenvalue weighted by Gasteiger charge is -2.24. The Morgan fingerprint density at radius 1 is 0.842 bits per heavy atom. The first-order valence-corrected chi connectivity index (χ1v) is 8.48. The van der Waals surface area contributed by atoms with Gasteiger partial charge >= 0.3 is 37.2 Å². The third-order valence-corrected chi connectivity index (χ3v) is 4.17. The van der Waals surface area contributed by atoms with Crippen molar-refractivity contribution in [1.82, 2.24) is 0 Å². The highest BCUT2D eigenvalue weighted by molar-refractivity contribution is 7.83. The SMILES string of the molecule is CO[Si](OC)(OC)OB(OS(=O)(=O)O)OS(=O)(=O)O. The van der Waals surface area contributed by atoms with E-state index in [0.29, 0.717) is 0 Å². The molecule has 2 N–H and O–H groups in total. The first kappa shape index (κ1) is 18.9. The highest BCUT2D eigenvalue weighted by atomic mass is 32.3. The summed E-state index contributed by atoms with van der Waals surface area (Å²) in [6.45, 7) is 0. The van der Waals surface area contributed by atoms with E-state index in [9.17, 15) is 16.8 Å². The minimum atomic E-state index is -5.16. The third-order valence-electron chi connectivity index (χ3n) is 1.39. The highest BCUT2D eigenvalue weighted by Crippen LogP contribution is 2.13. The van der Waals surface area contributed by atoms with Crippen LogP contribution in [-0.4, -0.2) is 63.6 Å². The van der Waals surface area contributed by atoms with Gasteiger partial charge in [0, 0.05) is 21.3 Å². The molecule has 12 nitrogen and oxygen atoms in total. The Labute approximate surface area is 111 Å². The quantitative estimate of drug-likeness (QED) is 0.350. The monoisotopic (exact) mass is 342 g/mol. The fourth-order valence-electron chi connectivity index (χ4n) is 0.766. The zero-order chi connectivity index (χ0) is 15.3. The summed E-state index contributed by atoms with van der Waals surface area (Å²) in [4.78, 5) is 0. The molecule has 0 aliphatic rings. The largest absolute Gasteiger partial charge is 0.667 e. The van der Waals surface area contributed by atoms with Gasteiger partial charge in [-0.3, -0.25) is 9.11 Å². The Bertz CT molecular complexity index is 425. The lowest BCUT2D eigenvalue weighted by molar-refractivity contribution is 0.0360. The summed E-state index contributed by atoms with van der Waals surface area (Å²) in [5.74, 6) is 0. The molecule has 0 aliphatic heterocycles. The molecule has 0 atom stereocenters. The average molecular weight is 342 g/mol. The van der Waals surface area contributed by atoms with E-state index >= 15 is 0 Å². The van der Waals surface area contributed by atoms with E-state index in [1.54, 1.807) is 0 Å². The van der Waals surface area contributed by atoms with Crippen LogP contribution in [0.3, 0.4) is 0 Å². The summed E-state index contributed by atoms with van der Waals surface area (Å²) in [5, 5.41) is 0. The van der Waals surface area contributed by atoms with Gasteiger partial charge < -0.3 is 17.6 Å². The molecule has 0 heterocycles. The summed E-state index contributed by atoms with van der Waals surface area (Å²) in [6, 6.07) is 0. The molecule has 0 aromatic rings. The van der Waals surface area contributed by atoms with Gasteiger partial charge in [-0.25, -0.2) is 8.20 Å². The summed E-state index contributed by atoms with van der Waals surface area (Å²) in [5.41, 5.74) is 0. The average Bonchev–Trinajstić information content (AvgIpc) is 2.21. The van der Waals surface area contributed by atoms with Crippen LogP contribution in [0.25, 0.3) is 0 Å². The molecule has 0 radical (unpaired) electrons. The molecule has 19 heavy (non-hydrogen) atoms. The van der Waals surface area contributed by atoms with Crippen LogP contribution in [0.2, 0.25) is 0 Å². The fraction of sp³-hybridized carbons (Fsp3) is 1.00. The van der Waals surface area contributed by atoms with Crippen molar-refractivity contribution in [2.75, 3.05) is 21.3 Å². The maximum Gasteiger partial charge on any atom is 0.667 e. The lowest BCUT2D eigenvalue weighted by atomic mass is 10.3. The van der Waals surface area contributed by atoms with Crippen LogP contribution in [0.15, 0.2) is 0 Å². The molecule has 0 aromatic carbocycles. The van der Waals surface area contributed by atoms with E-state index in [0.717, 1.165) is 21.3 Å². The van der Waals surface area contributed by atoms with Gasteiger partial charge in [0.25, 0.3) is 0 Å². The van der Waals surface area contributed by atoms with E-state index in [1.165, 1.54) is 0 Å². The maximum atomic E-state index is 10.5. The van der Waals surface area contributed by atoms with Crippen molar-refractivity contribution < 1.29 is 51.8 Å². The molecule has 114 valence electrons. The second-order valence-electron chi connectivity index (χ2n) is 2.57. The Morgan fingerprint density at radius 2 is 1.16 bits per heavy atom. The molecule has 0 amide bonds. The topological polar surface area (TPSA) is 164 Å². The van der Waals surface area contributed by atoms with Gasteiger partial charge in [-0.05, 0) is 0 Å². The van der Waals surface area contributed by atoms with Crippen molar-refractivity contribution in [3.05, 3.63) is 0 Å². The molecule has 0 aliphatic carbocycles. The minimum absolute atomic E-state index is 1.04. The molecular weight excluding hydrogens is 331 g/mol. The predicted molar refractivity (Wildman–Crippen MR) is 58.9 cm³/mol. The van der Waals surface area contributed by atoms with Gasteiger partial charge in [0.15, 0.2) is 0 Å². The molecule has 0 saturated heterocycles. The van der Waals surface area contributed by atoms with E-state index in [1.807, 2.05) is 0 Å². The summed E-state index contributed by atoms with van der Waals surface area (Å²) < 4.78 is 84.7. The molecule has 0 rings (SSSR count). The molecule has 0 saturated carbocycles. The van der Waals surface area contributed by atoms with Crippen molar-refractivity contribution in [3.8, 4) is 0 Å². The van der Waals surface area contributed by atoms with Crippen LogP contribution < -0.4 is 0 Å². The predicted octanol–water partition coefficient (Wildman–Crippen LogP) is -2.00. The Balaban J connectivity index is 5.14. The van der Waals surface area contributed by atoms with E-state index in [4.69, 9.17) is 9.11 Å². The second kappa shape index (κ2) is 7.04. The molecule has 0 fully saturated rings. The fourth-order valence-corrected chi connectivity index (χ4v) is 2.63. The normalized spacial score (nSPS) is 13.5. The Hall–Kier alpha value is -0.138. The molecule has 0 unspecified atom stereocenters. The van der Waals surface area contributed by atoms with Gasteiger partial charge in [0.05, 0.1) is 0 Å². The highest BCUT2D eigenvalue weighted by Gasteiger charge is 2.50. The number of rotatable bonds is 9. The number of hydrogen-bond donors (Lipinski definition) is 2. The zero-order valence-corrected chi connectivity index (χ0v) is 12.5. The van der Waals surface area contributed by atoms with Crippen LogP contribution in [0.5, 0.6) is 0 Å². The number of hydrogen-bond acceptors (Lipinski definition) is 10. The molecule has 0 spiro atoms. The van der Waals surface area contributed by atoms with Gasteiger partial charge in [-0.1, -0.05) is 0 Å². The summed E-state index contributed by atoms with van der Waals surface area (Å²) in [7, 11) is -13.8. The minimum Gasteiger partial charge on any atom is -0.361 e. The maximum absolute atomic E-state index is 10.5. The van der Waals surface area contributed by atoms with Gasteiger partial charge in [-0.2, -0.15) is 16.8 Å². The summed E-state index contributed by atoms with van der Waals surface area (Å²) in [6.07, 6.45) is 0. The van der Waals surface area contributed by atoms with E-state index < -0.39 is 37.2 Å².